The minimum atomic E-state index is -1.27. The summed E-state index contributed by atoms with van der Waals surface area (Å²) < 4.78 is 0. The second-order valence-electron chi connectivity index (χ2n) is 2.31. The van der Waals surface area contributed by atoms with Gasteiger partial charge in [-0.15, -0.1) is 0 Å². The minimum absolute atomic E-state index is 0.0295. The lowest BCUT2D eigenvalue weighted by molar-refractivity contribution is -0.109. The predicted octanol–water partition coefficient (Wildman–Crippen LogP) is -2.38. The Labute approximate surface area is 64.4 Å². The quantitative estimate of drug-likeness (QED) is 0.339. The Morgan fingerprint density at radius 1 is 1.45 bits per heavy atom. The summed E-state index contributed by atoms with van der Waals surface area (Å²) in [5.74, 6) is 0. The van der Waals surface area contributed by atoms with E-state index in [9.17, 15) is 4.79 Å². The van der Waals surface area contributed by atoms with Crippen LogP contribution in [0.4, 0.5) is 0 Å². The van der Waals surface area contributed by atoms with Crippen LogP contribution in [0.3, 0.4) is 0 Å². The molecule has 0 heterocycles. The molecule has 11 heavy (non-hydrogen) atoms. The third kappa shape index (κ3) is 3.43. The first-order valence-corrected chi connectivity index (χ1v) is 3.29. The van der Waals surface area contributed by atoms with Gasteiger partial charge in [0.05, 0.1) is 12.7 Å². The smallest absolute Gasteiger partial charge is 0.121 e. The molecular formula is C6H13NO4. The number of nitrogens with two attached hydrogens (primary N) is 1. The highest BCUT2D eigenvalue weighted by Crippen LogP contribution is 1.99. The highest BCUT2D eigenvalue weighted by molar-refractivity contribution is 5.50. The molecule has 5 heteroatoms. The van der Waals surface area contributed by atoms with Gasteiger partial charge in [0.15, 0.2) is 0 Å². The second-order valence-corrected chi connectivity index (χ2v) is 2.31. The highest BCUT2D eigenvalue weighted by atomic mass is 16.4. The molecule has 0 aromatic rings. The van der Waals surface area contributed by atoms with Crippen molar-refractivity contribution in [2.75, 3.05) is 6.61 Å². The SMILES string of the molecule is N[C@H](CC=O)[C@@H](O)[C@@H](O)CO. The molecular weight excluding hydrogens is 150 g/mol. The van der Waals surface area contributed by atoms with Crippen LogP contribution in [0, 0.1) is 0 Å². The Bertz CT molecular complexity index is 119. The first kappa shape index (κ1) is 10.5. The van der Waals surface area contributed by atoms with E-state index in [1.165, 1.54) is 0 Å². The molecule has 0 aromatic carbocycles. The molecule has 0 rings (SSSR count). The predicted molar refractivity (Wildman–Crippen MR) is 37.8 cm³/mol. The molecule has 0 spiro atoms. The van der Waals surface area contributed by atoms with Crippen molar-refractivity contribution in [2.24, 2.45) is 5.73 Å². The number of carbonyl (C=O) groups is 1. The van der Waals surface area contributed by atoms with Gasteiger partial charge in [-0.1, -0.05) is 0 Å². The van der Waals surface area contributed by atoms with Gasteiger partial charge in [0.25, 0.3) is 0 Å². The van der Waals surface area contributed by atoms with Crippen LogP contribution in [0.1, 0.15) is 6.42 Å². The summed E-state index contributed by atoms with van der Waals surface area (Å²) in [4.78, 5) is 9.90. The Balaban J connectivity index is 3.79. The van der Waals surface area contributed by atoms with Gasteiger partial charge in [-0.25, -0.2) is 0 Å². The monoisotopic (exact) mass is 163 g/mol. The maximum atomic E-state index is 9.90. The van der Waals surface area contributed by atoms with Crippen molar-refractivity contribution in [2.45, 2.75) is 24.7 Å². The van der Waals surface area contributed by atoms with Crippen LogP contribution in [0.25, 0.3) is 0 Å². The van der Waals surface area contributed by atoms with E-state index in [0.29, 0.717) is 6.29 Å². The lowest BCUT2D eigenvalue weighted by Gasteiger charge is -2.20. The van der Waals surface area contributed by atoms with Gasteiger partial charge in [-0.3, -0.25) is 0 Å². The van der Waals surface area contributed by atoms with Gasteiger partial charge in [0.2, 0.25) is 0 Å². The summed E-state index contributed by atoms with van der Waals surface area (Å²) in [7, 11) is 0. The van der Waals surface area contributed by atoms with Crippen LogP contribution in [-0.2, 0) is 4.79 Å². The number of aldehydes is 1. The van der Waals surface area contributed by atoms with Gasteiger partial charge in [0, 0.05) is 12.5 Å². The zero-order valence-corrected chi connectivity index (χ0v) is 6.05. The van der Waals surface area contributed by atoms with Crippen LogP contribution in [0.5, 0.6) is 0 Å². The average molecular weight is 163 g/mol. The summed E-state index contributed by atoms with van der Waals surface area (Å²) in [5, 5.41) is 26.2. The molecule has 0 unspecified atom stereocenters. The number of carbonyl (C=O) groups excluding carboxylic acids is 1. The number of hydrogen-bond acceptors (Lipinski definition) is 5. The Hall–Kier alpha value is -0.490. The summed E-state index contributed by atoms with van der Waals surface area (Å²) in [6.45, 7) is -0.562. The first-order chi connectivity index (χ1) is 5.13. The van der Waals surface area contributed by atoms with E-state index in [2.05, 4.69) is 0 Å². The first-order valence-electron chi connectivity index (χ1n) is 3.29. The van der Waals surface area contributed by atoms with E-state index >= 15 is 0 Å². The number of aliphatic hydroxyl groups excluding tert-OH is 3. The van der Waals surface area contributed by atoms with Gasteiger partial charge in [0.1, 0.15) is 12.4 Å². The van der Waals surface area contributed by atoms with E-state index < -0.39 is 24.9 Å². The summed E-state index contributed by atoms with van der Waals surface area (Å²) >= 11 is 0. The zero-order valence-electron chi connectivity index (χ0n) is 6.05. The molecule has 5 N–H and O–H groups in total. The highest BCUT2D eigenvalue weighted by Gasteiger charge is 2.21. The molecule has 0 aliphatic carbocycles. The number of hydrogen-bond donors (Lipinski definition) is 4. The van der Waals surface area contributed by atoms with Crippen LogP contribution < -0.4 is 5.73 Å². The molecule has 3 atom stereocenters. The zero-order chi connectivity index (χ0) is 8.85. The lowest BCUT2D eigenvalue weighted by atomic mass is 10.0. The van der Waals surface area contributed by atoms with Crippen LogP contribution in [0.2, 0.25) is 0 Å². The molecule has 5 nitrogen and oxygen atoms in total. The topological polar surface area (TPSA) is 104 Å². The van der Waals surface area contributed by atoms with Crippen molar-refractivity contribution in [3.8, 4) is 0 Å². The van der Waals surface area contributed by atoms with Crippen LogP contribution in [0.15, 0.2) is 0 Å². The van der Waals surface area contributed by atoms with Crippen molar-refractivity contribution in [3.05, 3.63) is 0 Å². The molecule has 0 aliphatic rings. The Morgan fingerprint density at radius 2 is 2.00 bits per heavy atom. The molecule has 0 saturated carbocycles. The van der Waals surface area contributed by atoms with Gasteiger partial charge < -0.3 is 25.8 Å². The fourth-order valence-electron chi connectivity index (χ4n) is 0.644. The van der Waals surface area contributed by atoms with Crippen molar-refractivity contribution < 1.29 is 20.1 Å². The maximum absolute atomic E-state index is 9.90. The summed E-state index contributed by atoms with van der Waals surface area (Å²) in [5.41, 5.74) is 5.25. The molecule has 0 radical (unpaired) electrons. The Kier molecular flexibility index (Phi) is 4.97. The Morgan fingerprint density at radius 3 is 2.36 bits per heavy atom. The molecule has 0 aliphatic heterocycles. The van der Waals surface area contributed by atoms with Crippen LogP contribution >= 0.6 is 0 Å². The molecule has 0 aromatic heterocycles. The normalized spacial score (nSPS) is 18.9. The summed E-state index contributed by atoms with van der Waals surface area (Å²) in [6, 6.07) is -0.811. The third-order valence-electron chi connectivity index (χ3n) is 1.39. The molecule has 0 bridgehead atoms. The second kappa shape index (κ2) is 5.20. The fraction of sp³-hybridized carbons (Fsp3) is 0.833. The molecule has 0 amide bonds. The largest absolute Gasteiger partial charge is 0.394 e. The standard InChI is InChI=1S/C6H13NO4/c7-4(1-2-8)6(11)5(10)3-9/h2,4-6,9-11H,1,3,7H2/t4-,5+,6-/m1/s1. The number of aliphatic hydroxyl groups is 3. The van der Waals surface area contributed by atoms with Gasteiger partial charge in [-0.2, -0.15) is 0 Å². The van der Waals surface area contributed by atoms with Gasteiger partial charge in [-0.05, 0) is 0 Å². The van der Waals surface area contributed by atoms with Crippen molar-refractivity contribution in [3.63, 3.8) is 0 Å². The van der Waals surface area contributed by atoms with E-state index in [1.54, 1.807) is 0 Å². The van der Waals surface area contributed by atoms with Crippen molar-refractivity contribution in [1.29, 1.82) is 0 Å². The van der Waals surface area contributed by atoms with E-state index in [0.717, 1.165) is 0 Å². The average Bonchev–Trinajstić information content (AvgIpc) is 2.02. The van der Waals surface area contributed by atoms with Crippen LogP contribution in [-0.4, -0.2) is 46.5 Å². The van der Waals surface area contributed by atoms with E-state index in [1.807, 2.05) is 0 Å². The number of rotatable bonds is 5. The van der Waals surface area contributed by atoms with E-state index in [-0.39, 0.29) is 6.42 Å². The minimum Gasteiger partial charge on any atom is -0.394 e. The molecule has 0 saturated heterocycles. The fourth-order valence-corrected chi connectivity index (χ4v) is 0.644. The van der Waals surface area contributed by atoms with Crippen molar-refractivity contribution in [1.82, 2.24) is 0 Å². The maximum Gasteiger partial charge on any atom is 0.121 e. The molecule has 0 fully saturated rings. The third-order valence-corrected chi connectivity index (χ3v) is 1.39. The lowest BCUT2D eigenvalue weighted by Crippen LogP contribution is -2.44. The van der Waals surface area contributed by atoms with E-state index in [4.69, 9.17) is 21.1 Å². The molecule has 66 valence electrons. The van der Waals surface area contributed by atoms with Gasteiger partial charge >= 0.3 is 0 Å². The summed E-state index contributed by atoms with van der Waals surface area (Å²) in [6.07, 6.45) is -1.99. The van der Waals surface area contributed by atoms with Crippen molar-refractivity contribution >= 4 is 6.29 Å².